The molecule has 19 heavy (non-hydrogen) atoms. The summed E-state index contributed by atoms with van der Waals surface area (Å²) in [4.78, 5) is 14.6. The predicted molar refractivity (Wildman–Crippen MR) is 66.8 cm³/mol. The molecule has 0 saturated carbocycles. The van der Waals surface area contributed by atoms with Crippen LogP contribution < -0.4 is 4.74 Å². The molecule has 0 atom stereocenters. The summed E-state index contributed by atoms with van der Waals surface area (Å²) in [6.45, 7) is 0. The molecule has 0 fully saturated rings. The Kier molecular flexibility index (Phi) is 4.13. The van der Waals surface area contributed by atoms with Crippen LogP contribution >= 0.6 is 23.2 Å². The van der Waals surface area contributed by atoms with Crippen LogP contribution in [0.5, 0.6) is 6.01 Å². The second-order valence-corrected chi connectivity index (χ2v) is 5.95. The van der Waals surface area contributed by atoms with Crippen LogP contribution in [0.15, 0.2) is 29.9 Å². The number of halogens is 2. The number of nitrogens with zero attached hydrogens (tertiary/aromatic N) is 4. The lowest BCUT2D eigenvalue weighted by atomic mass is 10.7. The van der Waals surface area contributed by atoms with Crippen molar-refractivity contribution in [3.05, 3.63) is 34.8 Å². The Morgan fingerprint density at radius 3 is 1.95 bits per heavy atom. The van der Waals surface area contributed by atoms with Gasteiger partial charge in [0, 0.05) is 0 Å². The Labute approximate surface area is 118 Å². The number of rotatable bonds is 4. The zero-order valence-electron chi connectivity index (χ0n) is 9.19. The van der Waals surface area contributed by atoms with E-state index in [0.717, 1.165) is 0 Å². The van der Waals surface area contributed by atoms with E-state index >= 15 is 0 Å². The Balaban J connectivity index is 2.09. The average molecular weight is 321 g/mol. The second kappa shape index (κ2) is 5.64. The molecule has 100 valence electrons. The first kappa shape index (κ1) is 13.9. The molecule has 0 radical (unpaired) electrons. The van der Waals surface area contributed by atoms with Crippen molar-refractivity contribution < 1.29 is 13.2 Å². The minimum atomic E-state index is -3.80. The van der Waals surface area contributed by atoms with Gasteiger partial charge in [-0.05, 0) is 0 Å². The second-order valence-electron chi connectivity index (χ2n) is 3.24. The molecule has 0 unspecified atom stereocenters. The smallest absolute Gasteiger partial charge is 0.317 e. The number of sulfone groups is 1. The molecule has 2 aromatic rings. The van der Waals surface area contributed by atoms with E-state index < -0.39 is 15.8 Å². The van der Waals surface area contributed by atoms with Gasteiger partial charge in [-0.3, -0.25) is 0 Å². The molecule has 2 aromatic heterocycles. The van der Waals surface area contributed by atoms with Gasteiger partial charge in [-0.15, -0.1) is 0 Å². The van der Waals surface area contributed by atoms with E-state index in [-0.39, 0.29) is 16.2 Å². The molecule has 0 amide bonds. The zero-order chi connectivity index (χ0) is 13.9. The van der Waals surface area contributed by atoms with Gasteiger partial charge in [0.05, 0.1) is 34.8 Å². The minimum absolute atomic E-state index is 0.109. The first-order valence-corrected chi connectivity index (χ1v) is 7.19. The maximum absolute atomic E-state index is 11.8. The molecular formula is C9H6Cl2N4O3S. The average Bonchev–Trinajstić information content (AvgIpc) is 2.39. The van der Waals surface area contributed by atoms with Crippen molar-refractivity contribution in [3.8, 4) is 6.01 Å². The van der Waals surface area contributed by atoms with Crippen molar-refractivity contribution in [2.75, 3.05) is 5.94 Å². The van der Waals surface area contributed by atoms with Gasteiger partial charge in [-0.2, -0.15) is 0 Å². The maximum atomic E-state index is 11.8. The molecular weight excluding hydrogens is 315 g/mol. The van der Waals surface area contributed by atoms with E-state index in [2.05, 4.69) is 19.9 Å². The molecule has 0 aromatic carbocycles. The molecule has 0 spiro atoms. The van der Waals surface area contributed by atoms with Gasteiger partial charge in [-0.25, -0.2) is 28.4 Å². The lowest BCUT2D eigenvalue weighted by Gasteiger charge is -2.04. The highest BCUT2D eigenvalue weighted by molar-refractivity contribution is 7.91. The van der Waals surface area contributed by atoms with E-state index in [1.807, 2.05) is 0 Å². The third-order valence-electron chi connectivity index (χ3n) is 1.81. The summed E-state index contributed by atoms with van der Waals surface area (Å²) in [6.07, 6.45) is 4.94. The van der Waals surface area contributed by atoms with Gasteiger partial charge in [0.1, 0.15) is 0 Å². The third kappa shape index (κ3) is 3.72. The van der Waals surface area contributed by atoms with Crippen molar-refractivity contribution in [2.45, 2.75) is 5.16 Å². The van der Waals surface area contributed by atoms with Crippen LogP contribution in [0.3, 0.4) is 0 Å². The van der Waals surface area contributed by atoms with Gasteiger partial charge >= 0.3 is 6.01 Å². The monoisotopic (exact) mass is 320 g/mol. The van der Waals surface area contributed by atoms with Crippen LogP contribution in [0.1, 0.15) is 0 Å². The van der Waals surface area contributed by atoms with E-state index in [9.17, 15) is 8.42 Å². The van der Waals surface area contributed by atoms with E-state index in [1.165, 1.54) is 24.8 Å². The van der Waals surface area contributed by atoms with Gasteiger partial charge < -0.3 is 4.74 Å². The highest BCUT2D eigenvalue weighted by atomic mass is 35.5. The molecule has 0 aliphatic carbocycles. The van der Waals surface area contributed by atoms with E-state index in [1.54, 1.807) is 0 Å². The number of hydrogen-bond acceptors (Lipinski definition) is 7. The molecule has 2 heterocycles. The Morgan fingerprint density at radius 1 is 0.947 bits per heavy atom. The fourth-order valence-electron chi connectivity index (χ4n) is 1.02. The summed E-state index contributed by atoms with van der Waals surface area (Å²) in [5.74, 6) is -0.684. The number of ether oxygens (including phenoxy) is 1. The lowest BCUT2D eigenvalue weighted by molar-refractivity contribution is 0.345. The summed E-state index contributed by atoms with van der Waals surface area (Å²) in [5.41, 5.74) is 0. The first-order valence-electron chi connectivity index (χ1n) is 4.78. The summed E-state index contributed by atoms with van der Waals surface area (Å²) in [6, 6.07) is -0.109. The van der Waals surface area contributed by atoms with Crippen molar-refractivity contribution in [2.24, 2.45) is 0 Å². The zero-order valence-corrected chi connectivity index (χ0v) is 11.5. The molecule has 0 bridgehead atoms. The Hall–Kier alpha value is -1.51. The van der Waals surface area contributed by atoms with Crippen LogP contribution in [-0.4, -0.2) is 34.3 Å². The minimum Gasteiger partial charge on any atom is -0.447 e. The molecule has 0 aliphatic heterocycles. The summed E-state index contributed by atoms with van der Waals surface area (Å²) >= 11 is 11.1. The topological polar surface area (TPSA) is 94.9 Å². The Bertz CT molecular complexity index is 661. The largest absolute Gasteiger partial charge is 0.447 e. The van der Waals surface area contributed by atoms with Crippen molar-refractivity contribution in [3.63, 3.8) is 0 Å². The van der Waals surface area contributed by atoms with Crippen molar-refractivity contribution >= 4 is 33.0 Å². The predicted octanol–water partition coefficient (Wildman–Crippen LogP) is 1.38. The van der Waals surface area contributed by atoms with Crippen LogP contribution in [0.25, 0.3) is 0 Å². The number of aromatic nitrogens is 4. The van der Waals surface area contributed by atoms with Gasteiger partial charge in [0.25, 0.3) is 5.16 Å². The number of hydrogen-bond donors (Lipinski definition) is 0. The van der Waals surface area contributed by atoms with Crippen LogP contribution in [0, 0.1) is 0 Å². The quantitative estimate of drug-likeness (QED) is 0.785. The first-order chi connectivity index (χ1) is 8.97. The summed E-state index contributed by atoms with van der Waals surface area (Å²) < 4.78 is 28.5. The van der Waals surface area contributed by atoms with E-state index in [4.69, 9.17) is 27.9 Å². The normalized spacial score (nSPS) is 11.3. The molecule has 10 heteroatoms. The molecule has 0 N–H and O–H groups in total. The summed E-state index contributed by atoms with van der Waals surface area (Å²) in [7, 11) is -3.80. The van der Waals surface area contributed by atoms with Gasteiger partial charge in [0.2, 0.25) is 9.84 Å². The van der Waals surface area contributed by atoms with Crippen LogP contribution in [0.2, 0.25) is 10.0 Å². The molecule has 0 aliphatic rings. The fourth-order valence-corrected chi connectivity index (χ4v) is 2.01. The van der Waals surface area contributed by atoms with E-state index in [0.29, 0.717) is 5.02 Å². The van der Waals surface area contributed by atoms with Gasteiger partial charge in [-0.1, -0.05) is 23.2 Å². The molecule has 7 nitrogen and oxygen atoms in total. The van der Waals surface area contributed by atoms with Crippen molar-refractivity contribution in [1.82, 2.24) is 19.9 Å². The Morgan fingerprint density at radius 2 is 1.42 bits per heavy atom. The molecule has 0 saturated heterocycles. The van der Waals surface area contributed by atoms with Crippen LogP contribution in [-0.2, 0) is 9.84 Å². The highest BCUT2D eigenvalue weighted by Crippen LogP contribution is 2.11. The standard InChI is InChI=1S/C9H6Cl2N4O3S/c10-6-1-12-8(13-2-6)18-5-19(16,17)9-14-3-7(11)4-15-9/h1-4H,5H2. The fraction of sp³-hybridized carbons (Fsp3) is 0.111. The highest BCUT2D eigenvalue weighted by Gasteiger charge is 2.19. The third-order valence-corrected chi connectivity index (χ3v) is 3.40. The van der Waals surface area contributed by atoms with Crippen LogP contribution in [0.4, 0.5) is 0 Å². The maximum Gasteiger partial charge on any atom is 0.317 e. The summed E-state index contributed by atoms with van der Waals surface area (Å²) in [5, 5.41) is 0.169. The van der Waals surface area contributed by atoms with Gasteiger partial charge in [0.15, 0.2) is 5.94 Å². The lowest BCUT2D eigenvalue weighted by Crippen LogP contribution is -2.16. The SMILES string of the molecule is O=S(=O)(COc1ncc(Cl)cn1)c1ncc(Cl)cn1. The molecule has 2 rings (SSSR count). The van der Waals surface area contributed by atoms with Crippen molar-refractivity contribution in [1.29, 1.82) is 0 Å².